The number of nitrogens with zero attached hydrogens (tertiary/aromatic N) is 1. The molecule has 2 aliphatic heterocycles. The zero-order chi connectivity index (χ0) is 23.0. The second-order valence-electron chi connectivity index (χ2n) is 9.08. The number of hydrogen-bond donors (Lipinski definition) is 1. The fourth-order valence-corrected chi connectivity index (χ4v) is 5.26. The molecule has 2 bridgehead atoms. The van der Waals surface area contributed by atoms with E-state index in [1.807, 2.05) is 35.2 Å². The van der Waals surface area contributed by atoms with Gasteiger partial charge in [0.15, 0.2) is 0 Å². The number of piperidine rings is 1. The highest BCUT2D eigenvalue weighted by Gasteiger charge is 2.49. The average molecular weight is 449 g/mol. The SMILES string of the molecule is O=C(c1ccc(Oc2ccccc2)cc1)N1[C@H]2CC[C@H]1CC(O)(Cc1ccc(F)cc1F)C2. The van der Waals surface area contributed by atoms with E-state index in [4.69, 9.17) is 4.74 Å². The largest absolute Gasteiger partial charge is 0.457 e. The van der Waals surface area contributed by atoms with Gasteiger partial charge in [-0.3, -0.25) is 4.79 Å². The van der Waals surface area contributed by atoms with Gasteiger partial charge in [0.1, 0.15) is 23.1 Å². The molecule has 33 heavy (non-hydrogen) atoms. The molecule has 0 radical (unpaired) electrons. The molecule has 0 aromatic heterocycles. The third kappa shape index (κ3) is 4.48. The van der Waals surface area contributed by atoms with E-state index in [9.17, 15) is 18.7 Å². The molecule has 170 valence electrons. The summed E-state index contributed by atoms with van der Waals surface area (Å²) < 4.78 is 33.2. The third-order valence-electron chi connectivity index (χ3n) is 6.70. The van der Waals surface area contributed by atoms with E-state index in [2.05, 4.69) is 0 Å². The second kappa shape index (κ2) is 8.60. The second-order valence-corrected chi connectivity index (χ2v) is 9.08. The van der Waals surface area contributed by atoms with Crippen LogP contribution in [0.25, 0.3) is 0 Å². The smallest absolute Gasteiger partial charge is 0.254 e. The predicted molar refractivity (Wildman–Crippen MR) is 120 cm³/mol. The summed E-state index contributed by atoms with van der Waals surface area (Å²) >= 11 is 0. The van der Waals surface area contributed by atoms with Crippen LogP contribution in [0.2, 0.25) is 0 Å². The summed E-state index contributed by atoms with van der Waals surface area (Å²) in [4.78, 5) is 15.2. The van der Waals surface area contributed by atoms with Crippen molar-refractivity contribution in [2.45, 2.75) is 49.8 Å². The van der Waals surface area contributed by atoms with Crippen LogP contribution < -0.4 is 4.74 Å². The van der Waals surface area contributed by atoms with Gasteiger partial charge in [0.25, 0.3) is 5.91 Å². The van der Waals surface area contributed by atoms with Crippen molar-refractivity contribution in [1.29, 1.82) is 0 Å². The molecule has 0 saturated carbocycles. The lowest BCUT2D eigenvalue weighted by Gasteiger charge is -2.44. The monoisotopic (exact) mass is 449 g/mol. The minimum atomic E-state index is -1.12. The van der Waals surface area contributed by atoms with Gasteiger partial charge >= 0.3 is 0 Å². The Hall–Kier alpha value is -3.25. The molecule has 0 unspecified atom stereocenters. The minimum Gasteiger partial charge on any atom is -0.457 e. The Balaban J connectivity index is 1.28. The first-order valence-electron chi connectivity index (χ1n) is 11.2. The maximum atomic E-state index is 14.2. The van der Waals surface area contributed by atoms with E-state index in [1.54, 1.807) is 24.3 Å². The van der Waals surface area contributed by atoms with Crippen LogP contribution in [0.15, 0.2) is 72.8 Å². The first-order chi connectivity index (χ1) is 15.9. The van der Waals surface area contributed by atoms with Crippen molar-refractivity contribution in [3.63, 3.8) is 0 Å². The Morgan fingerprint density at radius 3 is 2.21 bits per heavy atom. The average Bonchev–Trinajstić information content (AvgIpc) is 3.08. The number of rotatable bonds is 5. The van der Waals surface area contributed by atoms with Gasteiger partial charge in [-0.25, -0.2) is 8.78 Å². The molecule has 5 rings (SSSR count). The van der Waals surface area contributed by atoms with E-state index >= 15 is 0 Å². The van der Waals surface area contributed by atoms with Crippen molar-refractivity contribution >= 4 is 5.91 Å². The fourth-order valence-electron chi connectivity index (χ4n) is 5.26. The Bertz CT molecular complexity index is 1140. The van der Waals surface area contributed by atoms with Crippen LogP contribution in [0, 0.1) is 11.6 Å². The van der Waals surface area contributed by atoms with E-state index in [0.717, 1.165) is 24.7 Å². The Labute approximate surface area is 191 Å². The lowest BCUT2D eigenvalue weighted by molar-refractivity contribution is -0.0431. The van der Waals surface area contributed by atoms with Gasteiger partial charge < -0.3 is 14.7 Å². The van der Waals surface area contributed by atoms with E-state index in [-0.39, 0.29) is 24.4 Å². The maximum absolute atomic E-state index is 14.2. The van der Waals surface area contributed by atoms with Crippen LogP contribution in [-0.2, 0) is 6.42 Å². The van der Waals surface area contributed by atoms with Crippen LogP contribution in [0.5, 0.6) is 11.5 Å². The van der Waals surface area contributed by atoms with Crippen molar-refractivity contribution < 1.29 is 23.4 Å². The molecule has 1 N–H and O–H groups in total. The molecule has 2 saturated heterocycles. The van der Waals surface area contributed by atoms with Gasteiger partial charge in [0.05, 0.1) is 5.60 Å². The summed E-state index contributed by atoms with van der Waals surface area (Å²) in [5.74, 6) is 0.0253. The van der Waals surface area contributed by atoms with Crippen LogP contribution in [0.4, 0.5) is 8.78 Å². The first kappa shape index (κ1) is 21.6. The number of para-hydroxylation sites is 1. The Morgan fingerprint density at radius 2 is 1.58 bits per heavy atom. The van der Waals surface area contributed by atoms with Crippen LogP contribution in [-0.4, -0.2) is 33.6 Å². The predicted octanol–water partition coefficient (Wildman–Crippen LogP) is 5.50. The molecular formula is C27H25F2NO3. The molecule has 0 spiro atoms. The van der Waals surface area contributed by atoms with Crippen molar-refractivity contribution in [2.24, 2.45) is 0 Å². The topological polar surface area (TPSA) is 49.8 Å². The highest BCUT2D eigenvalue weighted by molar-refractivity contribution is 5.95. The van der Waals surface area contributed by atoms with Crippen molar-refractivity contribution in [2.75, 3.05) is 0 Å². The van der Waals surface area contributed by atoms with Crippen LogP contribution in [0.3, 0.4) is 0 Å². The number of carbonyl (C=O) groups is 1. The summed E-state index contributed by atoms with van der Waals surface area (Å²) in [5, 5.41) is 11.2. The molecule has 4 nitrogen and oxygen atoms in total. The quantitative estimate of drug-likeness (QED) is 0.560. The lowest BCUT2D eigenvalue weighted by atomic mass is 9.81. The normalized spacial score (nSPS) is 24.0. The van der Waals surface area contributed by atoms with Crippen LogP contribution >= 0.6 is 0 Å². The minimum absolute atomic E-state index is 0.0660. The summed E-state index contributed by atoms with van der Waals surface area (Å²) in [5.41, 5.74) is -0.247. The number of ether oxygens (including phenoxy) is 1. The Kier molecular flexibility index (Phi) is 5.62. The Morgan fingerprint density at radius 1 is 0.939 bits per heavy atom. The summed E-state index contributed by atoms with van der Waals surface area (Å²) in [6.07, 6.45) is 2.47. The molecular weight excluding hydrogens is 424 g/mol. The number of hydrogen-bond acceptors (Lipinski definition) is 3. The van der Waals surface area contributed by atoms with Crippen molar-refractivity contribution in [1.82, 2.24) is 4.90 Å². The van der Waals surface area contributed by atoms with Gasteiger partial charge in [0, 0.05) is 30.1 Å². The zero-order valence-corrected chi connectivity index (χ0v) is 18.1. The molecule has 2 fully saturated rings. The van der Waals surface area contributed by atoms with Crippen molar-refractivity contribution in [3.05, 3.63) is 95.6 Å². The van der Waals surface area contributed by atoms with Gasteiger partial charge in [-0.1, -0.05) is 24.3 Å². The summed E-state index contributed by atoms with van der Waals surface area (Å²) in [7, 11) is 0. The zero-order valence-electron chi connectivity index (χ0n) is 18.1. The van der Waals surface area contributed by atoms with Gasteiger partial charge in [0.2, 0.25) is 0 Å². The molecule has 3 aromatic carbocycles. The maximum Gasteiger partial charge on any atom is 0.254 e. The fraction of sp³-hybridized carbons (Fsp3) is 0.296. The number of aliphatic hydroxyl groups is 1. The van der Waals surface area contributed by atoms with E-state index in [0.29, 0.717) is 29.7 Å². The first-order valence-corrected chi connectivity index (χ1v) is 11.2. The number of carbonyl (C=O) groups excluding carboxylic acids is 1. The van der Waals surface area contributed by atoms with Gasteiger partial charge in [-0.2, -0.15) is 0 Å². The molecule has 1 amide bonds. The molecule has 2 heterocycles. The molecule has 6 heteroatoms. The van der Waals surface area contributed by atoms with Crippen molar-refractivity contribution in [3.8, 4) is 11.5 Å². The number of halogens is 2. The summed E-state index contributed by atoms with van der Waals surface area (Å²) in [6.45, 7) is 0. The highest BCUT2D eigenvalue weighted by Crippen LogP contribution is 2.43. The van der Waals surface area contributed by atoms with Gasteiger partial charge in [-0.15, -0.1) is 0 Å². The standard InChI is InChI=1S/C27H25F2NO3/c28-20-9-6-19(25(29)14-20)15-27(32)16-21-10-11-22(17-27)30(21)26(31)18-7-12-24(13-8-18)33-23-4-2-1-3-5-23/h1-9,12-14,21-22,32H,10-11,15-17H2/t21-,22-/m0/s1. The number of amides is 1. The molecule has 0 aliphatic carbocycles. The lowest BCUT2D eigenvalue weighted by Crippen LogP contribution is -2.54. The van der Waals surface area contributed by atoms with E-state index < -0.39 is 17.2 Å². The van der Waals surface area contributed by atoms with E-state index in [1.165, 1.54) is 12.1 Å². The molecule has 3 aromatic rings. The molecule has 2 aliphatic rings. The summed E-state index contributed by atoms with van der Waals surface area (Å²) in [6, 6.07) is 19.7. The van der Waals surface area contributed by atoms with Gasteiger partial charge in [-0.05, 0) is 73.7 Å². The van der Waals surface area contributed by atoms with Crippen LogP contribution in [0.1, 0.15) is 41.6 Å². The molecule has 2 atom stereocenters. The highest BCUT2D eigenvalue weighted by atomic mass is 19.1. The number of benzene rings is 3. The number of fused-ring (bicyclic) bond motifs is 2. The third-order valence-corrected chi connectivity index (χ3v) is 6.70.